The van der Waals surface area contributed by atoms with Gasteiger partial charge in [-0.05, 0) is 61.2 Å². The van der Waals surface area contributed by atoms with Crippen LogP contribution in [-0.2, 0) is 11.3 Å². The maximum Gasteiger partial charge on any atom is 0.262 e. The van der Waals surface area contributed by atoms with E-state index in [2.05, 4.69) is 10.6 Å². The molecule has 0 saturated heterocycles. The first-order valence-corrected chi connectivity index (χ1v) is 13.8. The fourth-order valence-corrected chi connectivity index (χ4v) is 5.24. The van der Waals surface area contributed by atoms with Gasteiger partial charge >= 0.3 is 0 Å². The molecule has 1 saturated carbocycles. The van der Waals surface area contributed by atoms with Crippen LogP contribution >= 0.6 is 11.8 Å². The van der Waals surface area contributed by atoms with E-state index in [9.17, 15) is 14.4 Å². The van der Waals surface area contributed by atoms with E-state index in [1.165, 1.54) is 11.8 Å². The van der Waals surface area contributed by atoms with Gasteiger partial charge in [-0.25, -0.2) is 4.98 Å². The lowest BCUT2D eigenvalue weighted by Crippen LogP contribution is -2.28. The lowest BCUT2D eigenvalue weighted by Gasteiger charge is -2.19. The fraction of sp³-hybridized carbons (Fsp3) is 0.267. The summed E-state index contributed by atoms with van der Waals surface area (Å²) in [4.78, 5) is 44.0. The summed E-state index contributed by atoms with van der Waals surface area (Å²) in [7, 11) is 1.56. The molecule has 1 aromatic heterocycles. The Balaban J connectivity index is 1.43. The second-order valence-electron chi connectivity index (χ2n) is 9.45. The maximum absolute atomic E-state index is 13.6. The number of thioether (sulfide) groups is 1. The van der Waals surface area contributed by atoms with E-state index in [1.807, 2.05) is 43.3 Å². The molecule has 0 aliphatic heterocycles. The Kier molecular flexibility index (Phi) is 7.97. The van der Waals surface area contributed by atoms with Crippen LogP contribution in [0.2, 0.25) is 0 Å². The predicted octanol–water partition coefficient (Wildman–Crippen LogP) is 4.86. The van der Waals surface area contributed by atoms with Crippen LogP contribution in [0, 0.1) is 0 Å². The molecule has 39 heavy (non-hydrogen) atoms. The number of carbonyl (C=O) groups excluding carboxylic acids is 2. The number of aromatic nitrogens is 2. The molecular formula is C30H30N4O4S. The smallest absolute Gasteiger partial charge is 0.262 e. The third-order valence-corrected chi connectivity index (χ3v) is 7.93. The van der Waals surface area contributed by atoms with Gasteiger partial charge in [0.1, 0.15) is 5.75 Å². The number of amides is 2. The first kappa shape index (κ1) is 26.5. The average Bonchev–Trinajstić information content (AvgIpc) is 3.78. The highest BCUT2D eigenvalue weighted by Crippen LogP contribution is 2.29. The number of rotatable bonds is 10. The number of hydrogen-bond donors (Lipinski definition) is 2. The number of hydrogen-bond acceptors (Lipinski definition) is 6. The molecule has 0 radical (unpaired) electrons. The number of para-hydroxylation sites is 3. The van der Waals surface area contributed by atoms with Crippen molar-refractivity contribution in [2.75, 3.05) is 12.4 Å². The monoisotopic (exact) mass is 542 g/mol. The molecule has 1 aliphatic rings. The zero-order valence-corrected chi connectivity index (χ0v) is 22.7. The van der Waals surface area contributed by atoms with E-state index in [1.54, 1.807) is 48.1 Å². The number of anilines is 1. The summed E-state index contributed by atoms with van der Waals surface area (Å²) in [5.74, 6) is 0.282. The zero-order chi connectivity index (χ0) is 27.4. The molecule has 1 heterocycles. The number of fused-ring (bicyclic) bond motifs is 1. The minimum absolute atomic E-state index is 0.0864. The Morgan fingerprint density at radius 3 is 2.49 bits per heavy atom. The van der Waals surface area contributed by atoms with Crippen molar-refractivity contribution in [1.29, 1.82) is 0 Å². The number of benzene rings is 3. The molecule has 9 heteroatoms. The number of methoxy groups -OCH3 is 1. The van der Waals surface area contributed by atoms with Crippen molar-refractivity contribution in [3.63, 3.8) is 0 Å². The molecule has 2 N–H and O–H groups in total. The van der Waals surface area contributed by atoms with Crippen LogP contribution in [0.3, 0.4) is 0 Å². The first-order valence-electron chi connectivity index (χ1n) is 13.0. The summed E-state index contributed by atoms with van der Waals surface area (Å²) in [6.45, 7) is 2.18. The molecule has 5 rings (SSSR count). The molecule has 1 fully saturated rings. The molecule has 0 spiro atoms. The predicted molar refractivity (Wildman–Crippen MR) is 154 cm³/mol. The summed E-state index contributed by atoms with van der Waals surface area (Å²) in [6, 6.07) is 22.0. The normalized spacial score (nSPS) is 13.6. The van der Waals surface area contributed by atoms with Gasteiger partial charge in [-0.15, -0.1) is 0 Å². The lowest BCUT2D eigenvalue weighted by atomic mass is 10.1. The van der Waals surface area contributed by atoms with Crippen LogP contribution in [0.1, 0.15) is 42.1 Å². The van der Waals surface area contributed by atoms with Gasteiger partial charge in [-0.1, -0.05) is 55.1 Å². The minimum atomic E-state index is -0.497. The average molecular weight is 543 g/mol. The van der Waals surface area contributed by atoms with Gasteiger partial charge in [0, 0.05) is 11.6 Å². The standard InChI is InChI=1S/C30H30N4O4S/c1-3-26(28(36)32-24-10-6-7-11-25(24)38-2)39-30-33-23-9-5-4-8-22(23)29(37)34(30)18-19-12-14-20(15-13-19)27(35)31-21-16-17-21/h4-15,21,26H,3,16-18H2,1-2H3,(H,31,35)(H,32,36)/t26-/m1/s1. The van der Waals surface area contributed by atoms with Crippen molar-refractivity contribution in [2.24, 2.45) is 0 Å². The van der Waals surface area contributed by atoms with Gasteiger partial charge in [0.25, 0.3) is 11.5 Å². The van der Waals surface area contributed by atoms with Crippen molar-refractivity contribution < 1.29 is 14.3 Å². The minimum Gasteiger partial charge on any atom is -0.495 e. The molecule has 0 unspecified atom stereocenters. The Morgan fingerprint density at radius 2 is 1.77 bits per heavy atom. The number of nitrogens with one attached hydrogen (secondary N) is 2. The SMILES string of the molecule is CC[C@@H](Sc1nc2ccccc2c(=O)n1Cc1ccc(C(=O)NC2CC2)cc1)C(=O)Nc1ccccc1OC. The highest BCUT2D eigenvalue weighted by atomic mass is 32.2. The van der Waals surface area contributed by atoms with Gasteiger partial charge in [0.2, 0.25) is 5.91 Å². The summed E-state index contributed by atoms with van der Waals surface area (Å²) in [5.41, 5.74) is 2.42. The van der Waals surface area contributed by atoms with E-state index < -0.39 is 5.25 Å². The second kappa shape index (κ2) is 11.7. The van der Waals surface area contributed by atoms with Crippen molar-refractivity contribution in [3.05, 3.63) is 94.3 Å². The van der Waals surface area contributed by atoms with Gasteiger partial charge < -0.3 is 15.4 Å². The first-order chi connectivity index (χ1) is 19.0. The van der Waals surface area contributed by atoms with Crippen molar-refractivity contribution in [2.45, 2.75) is 49.2 Å². The molecule has 1 aliphatic carbocycles. The summed E-state index contributed by atoms with van der Waals surface area (Å²) < 4.78 is 6.97. The number of ether oxygens (including phenoxy) is 1. The van der Waals surface area contributed by atoms with Gasteiger partial charge in [-0.3, -0.25) is 19.0 Å². The van der Waals surface area contributed by atoms with Crippen LogP contribution in [0.5, 0.6) is 5.75 Å². The molecule has 1 atom stereocenters. The Labute approximate surface area is 230 Å². The van der Waals surface area contributed by atoms with Crippen LogP contribution in [-0.4, -0.2) is 39.8 Å². The van der Waals surface area contributed by atoms with Crippen LogP contribution in [0.15, 0.2) is 82.7 Å². The van der Waals surface area contributed by atoms with E-state index in [-0.39, 0.29) is 30.0 Å². The van der Waals surface area contributed by atoms with E-state index >= 15 is 0 Å². The van der Waals surface area contributed by atoms with E-state index in [0.717, 1.165) is 18.4 Å². The largest absolute Gasteiger partial charge is 0.495 e. The Hall–Kier alpha value is -4.11. The van der Waals surface area contributed by atoms with Crippen LogP contribution in [0.25, 0.3) is 10.9 Å². The molecule has 8 nitrogen and oxygen atoms in total. The highest BCUT2D eigenvalue weighted by Gasteiger charge is 2.25. The third-order valence-electron chi connectivity index (χ3n) is 6.57. The molecule has 200 valence electrons. The molecule has 2 amide bonds. The second-order valence-corrected chi connectivity index (χ2v) is 10.6. The van der Waals surface area contributed by atoms with Crippen LogP contribution < -0.4 is 20.9 Å². The van der Waals surface area contributed by atoms with Gasteiger partial charge in [0.05, 0.1) is 35.5 Å². The van der Waals surface area contributed by atoms with E-state index in [0.29, 0.717) is 39.5 Å². The quantitative estimate of drug-likeness (QED) is 0.219. The summed E-state index contributed by atoms with van der Waals surface area (Å²) in [5, 5.41) is 6.40. The maximum atomic E-state index is 13.6. The molecule has 0 bridgehead atoms. The zero-order valence-electron chi connectivity index (χ0n) is 21.8. The third kappa shape index (κ3) is 6.15. The van der Waals surface area contributed by atoms with Gasteiger partial charge in [-0.2, -0.15) is 0 Å². The van der Waals surface area contributed by atoms with Crippen molar-refractivity contribution >= 4 is 40.2 Å². The lowest BCUT2D eigenvalue weighted by molar-refractivity contribution is -0.115. The Morgan fingerprint density at radius 1 is 1.05 bits per heavy atom. The van der Waals surface area contributed by atoms with Crippen molar-refractivity contribution in [1.82, 2.24) is 14.9 Å². The van der Waals surface area contributed by atoms with Crippen LogP contribution in [0.4, 0.5) is 5.69 Å². The highest BCUT2D eigenvalue weighted by molar-refractivity contribution is 8.00. The molecule has 4 aromatic rings. The van der Waals surface area contributed by atoms with E-state index in [4.69, 9.17) is 9.72 Å². The Bertz CT molecular complexity index is 1560. The molecule has 3 aromatic carbocycles. The number of nitrogens with zero attached hydrogens (tertiary/aromatic N) is 2. The van der Waals surface area contributed by atoms with Crippen molar-refractivity contribution in [3.8, 4) is 5.75 Å². The topological polar surface area (TPSA) is 102 Å². The summed E-state index contributed by atoms with van der Waals surface area (Å²) >= 11 is 1.26. The fourth-order valence-electron chi connectivity index (χ4n) is 4.23. The van der Waals surface area contributed by atoms with Gasteiger partial charge in [0.15, 0.2) is 5.16 Å². The summed E-state index contributed by atoms with van der Waals surface area (Å²) in [6.07, 6.45) is 2.58. The molecular weight excluding hydrogens is 512 g/mol. The number of carbonyl (C=O) groups is 2.